The molecule has 0 aliphatic carbocycles. The summed E-state index contributed by atoms with van der Waals surface area (Å²) < 4.78 is 11.1. The Morgan fingerprint density at radius 3 is 2.24 bits per heavy atom. The monoisotopic (exact) mass is 236 g/mol. The molecule has 0 bridgehead atoms. The molecular weight excluding hydrogens is 212 g/mol. The summed E-state index contributed by atoms with van der Waals surface area (Å²) in [6, 6.07) is 6.48. The van der Waals surface area contributed by atoms with Crippen molar-refractivity contribution in [3.63, 3.8) is 0 Å². The van der Waals surface area contributed by atoms with Crippen LogP contribution in [0, 0.1) is 0 Å². The van der Waals surface area contributed by atoms with Gasteiger partial charge < -0.3 is 9.47 Å². The Bertz CT molecular complexity index is 345. The standard InChI is InChI=1S/C15H24O2/c1-6-13-8-14(7-12(4)16-5)10-15(9-13)17-11(2)3/h8-12H,6-7H2,1-5H3. The number of ether oxygens (including phenoxy) is 2. The summed E-state index contributed by atoms with van der Waals surface area (Å²) in [5, 5.41) is 0. The molecule has 96 valence electrons. The minimum absolute atomic E-state index is 0.217. The molecule has 2 heteroatoms. The average molecular weight is 236 g/mol. The average Bonchev–Trinajstić information content (AvgIpc) is 2.27. The molecule has 0 saturated heterocycles. The first kappa shape index (κ1) is 14.0. The topological polar surface area (TPSA) is 18.5 Å². The lowest BCUT2D eigenvalue weighted by molar-refractivity contribution is 0.118. The molecule has 0 aliphatic heterocycles. The third kappa shape index (κ3) is 4.78. The number of hydrogen-bond acceptors (Lipinski definition) is 2. The number of benzene rings is 1. The van der Waals surface area contributed by atoms with E-state index in [0.717, 1.165) is 18.6 Å². The Balaban J connectivity index is 2.88. The van der Waals surface area contributed by atoms with E-state index in [1.165, 1.54) is 11.1 Å². The van der Waals surface area contributed by atoms with Crippen LogP contribution in [0.2, 0.25) is 0 Å². The summed E-state index contributed by atoms with van der Waals surface area (Å²) in [4.78, 5) is 0. The van der Waals surface area contributed by atoms with Gasteiger partial charge in [0.2, 0.25) is 0 Å². The van der Waals surface area contributed by atoms with Crippen molar-refractivity contribution in [2.24, 2.45) is 0 Å². The fourth-order valence-electron chi connectivity index (χ4n) is 1.81. The van der Waals surface area contributed by atoms with E-state index in [-0.39, 0.29) is 12.2 Å². The van der Waals surface area contributed by atoms with E-state index in [0.29, 0.717) is 0 Å². The zero-order chi connectivity index (χ0) is 12.8. The van der Waals surface area contributed by atoms with Crippen LogP contribution in [-0.4, -0.2) is 19.3 Å². The van der Waals surface area contributed by atoms with Gasteiger partial charge in [0.15, 0.2) is 0 Å². The summed E-state index contributed by atoms with van der Waals surface area (Å²) in [5.41, 5.74) is 2.61. The fourth-order valence-corrected chi connectivity index (χ4v) is 1.81. The van der Waals surface area contributed by atoms with E-state index in [1.54, 1.807) is 7.11 Å². The Hall–Kier alpha value is -1.02. The van der Waals surface area contributed by atoms with Crippen molar-refractivity contribution in [3.05, 3.63) is 29.3 Å². The molecule has 0 heterocycles. The largest absolute Gasteiger partial charge is 0.491 e. The van der Waals surface area contributed by atoms with Gasteiger partial charge >= 0.3 is 0 Å². The van der Waals surface area contributed by atoms with Crippen LogP contribution in [0.15, 0.2) is 18.2 Å². The molecule has 0 fully saturated rings. The fraction of sp³-hybridized carbons (Fsp3) is 0.600. The predicted octanol–water partition coefficient (Wildman–Crippen LogP) is 3.61. The minimum Gasteiger partial charge on any atom is -0.491 e. The molecule has 0 aliphatic rings. The Kier molecular flexibility index (Phi) is 5.49. The lowest BCUT2D eigenvalue weighted by Crippen LogP contribution is -2.10. The van der Waals surface area contributed by atoms with Crippen LogP contribution in [-0.2, 0) is 17.6 Å². The highest BCUT2D eigenvalue weighted by Crippen LogP contribution is 2.20. The molecule has 1 aromatic carbocycles. The molecular formula is C15H24O2. The molecule has 0 radical (unpaired) electrons. The van der Waals surface area contributed by atoms with Gasteiger partial charge in [-0.05, 0) is 56.9 Å². The third-order valence-corrected chi connectivity index (χ3v) is 2.73. The SMILES string of the molecule is CCc1cc(CC(C)OC)cc(OC(C)C)c1. The second-order valence-corrected chi connectivity index (χ2v) is 4.76. The van der Waals surface area contributed by atoms with Gasteiger partial charge in [0, 0.05) is 7.11 Å². The van der Waals surface area contributed by atoms with Crippen LogP contribution < -0.4 is 4.74 Å². The molecule has 1 atom stereocenters. The molecule has 1 aromatic rings. The number of hydrogen-bond donors (Lipinski definition) is 0. The summed E-state index contributed by atoms with van der Waals surface area (Å²) in [7, 11) is 1.75. The predicted molar refractivity (Wildman–Crippen MR) is 71.8 cm³/mol. The van der Waals surface area contributed by atoms with Gasteiger partial charge in [-0.2, -0.15) is 0 Å². The second kappa shape index (κ2) is 6.65. The summed E-state index contributed by atoms with van der Waals surface area (Å²) >= 11 is 0. The summed E-state index contributed by atoms with van der Waals surface area (Å²) in [6.45, 7) is 8.35. The van der Waals surface area contributed by atoms with Crippen LogP contribution in [0.3, 0.4) is 0 Å². The maximum atomic E-state index is 5.77. The first-order valence-corrected chi connectivity index (χ1v) is 6.37. The van der Waals surface area contributed by atoms with Crippen molar-refractivity contribution in [1.29, 1.82) is 0 Å². The van der Waals surface area contributed by atoms with Crippen LogP contribution in [0.4, 0.5) is 0 Å². The van der Waals surface area contributed by atoms with Gasteiger partial charge in [0.25, 0.3) is 0 Å². The van der Waals surface area contributed by atoms with Crippen molar-refractivity contribution in [2.75, 3.05) is 7.11 Å². The van der Waals surface area contributed by atoms with E-state index in [2.05, 4.69) is 45.9 Å². The normalized spacial score (nSPS) is 12.8. The molecule has 17 heavy (non-hydrogen) atoms. The van der Waals surface area contributed by atoms with Crippen LogP contribution in [0.25, 0.3) is 0 Å². The maximum Gasteiger partial charge on any atom is 0.120 e. The maximum absolute atomic E-state index is 5.77. The van der Waals surface area contributed by atoms with E-state index in [1.807, 2.05) is 0 Å². The van der Waals surface area contributed by atoms with Crippen molar-refractivity contribution in [2.45, 2.75) is 52.7 Å². The molecule has 2 nitrogen and oxygen atoms in total. The minimum atomic E-state index is 0.217. The Morgan fingerprint density at radius 2 is 1.71 bits per heavy atom. The van der Waals surface area contributed by atoms with Crippen molar-refractivity contribution in [3.8, 4) is 5.75 Å². The smallest absolute Gasteiger partial charge is 0.120 e. The van der Waals surface area contributed by atoms with Gasteiger partial charge in [0.1, 0.15) is 5.75 Å². The first-order valence-electron chi connectivity index (χ1n) is 6.37. The molecule has 1 rings (SSSR count). The van der Waals surface area contributed by atoms with E-state index in [9.17, 15) is 0 Å². The van der Waals surface area contributed by atoms with Gasteiger partial charge in [-0.3, -0.25) is 0 Å². The van der Waals surface area contributed by atoms with E-state index >= 15 is 0 Å². The van der Waals surface area contributed by atoms with Gasteiger partial charge in [-0.1, -0.05) is 13.0 Å². The van der Waals surface area contributed by atoms with Crippen LogP contribution >= 0.6 is 0 Å². The van der Waals surface area contributed by atoms with Gasteiger partial charge in [-0.25, -0.2) is 0 Å². The number of aryl methyl sites for hydroxylation is 1. The van der Waals surface area contributed by atoms with E-state index < -0.39 is 0 Å². The molecule has 1 unspecified atom stereocenters. The molecule has 0 N–H and O–H groups in total. The van der Waals surface area contributed by atoms with Crippen molar-refractivity contribution in [1.82, 2.24) is 0 Å². The highest BCUT2D eigenvalue weighted by Gasteiger charge is 2.06. The lowest BCUT2D eigenvalue weighted by atomic mass is 10.0. The molecule has 0 saturated carbocycles. The summed E-state index contributed by atoms with van der Waals surface area (Å²) in [6.07, 6.45) is 2.42. The molecule has 0 aromatic heterocycles. The van der Waals surface area contributed by atoms with Crippen molar-refractivity contribution < 1.29 is 9.47 Å². The lowest BCUT2D eigenvalue weighted by Gasteiger charge is -2.15. The summed E-state index contributed by atoms with van der Waals surface area (Å²) in [5.74, 6) is 0.970. The Morgan fingerprint density at radius 1 is 1.06 bits per heavy atom. The quantitative estimate of drug-likeness (QED) is 0.751. The van der Waals surface area contributed by atoms with Crippen LogP contribution in [0.1, 0.15) is 38.8 Å². The number of methoxy groups -OCH3 is 1. The zero-order valence-electron chi connectivity index (χ0n) is 11.6. The van der Waals surface area contributed by atoms with Gasteiger partial charge in [0.05, 0.1) is 12.2 Å². The highest BCUT2D eigenvalue weighted by atomic mass is 16.5. The van der Waals surface area contributed by atoms with Crippen LogP contribution in [0.5, 0.6) is 5.75 Å². The Labute approximate surface area is 105 Å². The zero-order valence-corrected chi connectivity index (χ0v) is 11.6. The number of rotatable bonds is 6. The highest BCUT2D eigenvalue weighted by molar-refractivity contribution is 5.35. The molecule has 0 spiro atoms. The van der Waals surface area contributed by atoms with E-state index in [4.69, 9.17) is 9.47 Å². The van der Waals surface area contributed by atoms with Crippen molar-refractivity contribution >= 4 is 0 Å². The molecule has 0 amide bonds. The van der Waals surface area contributed by atoms with Gasteiger partial charge in [-0.15, -0.1) is 0 Å². The second-order valence-electron chi connectivity index (χ2n) is 4.76. The first-order chi connectivity index (χ1) is 8.05. The third-order valence-electron chi connectivity index (χ3n) is 2.73.